The average molecular weight is 378 g/mol. The van der Waals surface area contributed by atoms with Gasteiger partial charge in [-0.2, -0.15) is 5.01 Å². The number of ether oxygens (including phenoxy) is 3. The fourth-order valence-corrected chi connectivity index (χ4v) is 2.78. The van der Waals surface area contributed by atoms with E-state index in [1.165, 1.54) is 12.1 Å². The number of benzene rings is 1. The van der Waals surface area contributed by atoms with E-state index in [9.17, 15) is 14.0 Å². The molecule has 1 amide bonds. The predicted octanol–water partition coefficient (Wildman–Crippen LogP) is 3.25. The van der Waals surface area contributed by atoms with Gasteiger partial charge in [0.1, 0.15) is 5.82 Å². The molecule has 1 aromatic carbocycles. The lowest BCUT2D eigenvalue weighted by Gasteiger charge is -2.29. The first-order valence-corrected chi connectivity index (χ1v) is 8.70. The van der Waals surface area contributed by atoms with Crippen LogP contribution in [0.15, 0.2) is 41.6 Å². The maximum atomic E-state index is 13.3. The zero-order chi connectivity index (χ0) is 20.0. The summed E-state index contributed by atoms with van der Waals surface area (Å²) in [6, 6.07) is 5.65. The van der Waals surface area contributed by atoms with Gasteiger partial charge >= 0.3 is 12.1 Å². The van der Waals surface area contributed by atoms with E-state index in [-0.39, 0.29) is 37.8 Å². The van der Waals surface area contributed by atoms with Crippen LogP contribution in [0.25, 0.3) is 0 Å². The first-order chi connectivity index (χ1) is 12.9. The van der Waals surface area contributed by atoms with Gasteiger partial charge in [0.25, 0.3) is 0 Å². The van der Waals surface area contributed by atoms with Crippen LogP contribution in [-0.2, 0) is 25.4 Å². The number of carbonyl (C=O) groups excluding carboxylic acids is 2. The molecule has 0 fully saturated rings. The summed E-state index contributed by atoms with van der Waals surface area (Å²) in [4.78, 5) is 25.2. The molecule has 1 unspecified atom stereocenters. The Morgan fingerprint density at radius 2 is 1.74 bits per heavy atom. The van der Waals surface area contributed by atoms with E-state index >= 15 is 0 Å². The number of hydrogen-bond donors (Lipinski definition) is 0. The van der Waals surface area contributed by atoms with Crippen molar-refractivity contribution in [3.8, 4) is 0 Å². The lowest BCUT2D eigenvalue weighted by Crippen LogP contribution is -2.44. The van der Waals surface area contributed by atoms with Crippen molar-refractivity contribution in [2.75, 3.05) is 19.8 Å². The summed E-state index contributed by atoms with van der Waals surface area (Å²) in [5.41, 5.74) is -0.854. The number of esters is 1. The Morgan fingerprint density at radius 3 is 2.30 bits per heavy atom. The number of amides is 1. The zero-order valence-electron chi connectivity index (χ0n) is 15.7. The highest BCUT2D eigenvalue weighted by molar-refractivity contribution is 6.08. The molecule has 8 heteroatoms. The third kappa shape index (κ3) is 3.94. The zero-order valence-corrected chi connectivity index (χ0v) is 15.7. The molecule has 0 bridgehead atoms. The smallest absolute Gasteiger partial charge is 0.435 e. The van der Waals surface area contributed by atoms with Crippen LogP contribution in [-0.4, -0.2) is 42.8 Å². The van der Waals surface area contributed by atoms with Gasteiger partial charge in [-0.15, -0.1) is 5.10 Å². The van der Waals surface area contributed by atoms with Crippen LogP contribution in [0.4, 0.5) is 9.18 Å². The van der Waals surface area contributed by atoms with E-state index in [0.717, 1.165) is 5.01 Å². The van der Waals surface area contributed by atoms with Gasteiger partial charge in [-0.25, -0.2) is 9.18 Å². The van der Waals surface area contributed by atoms with Crippen molar-refractivity contribution in [3.05, 3.63) is 47.9 Å². The van der Waals surface area contributed by atoms with Gasteiger partial charge < -0.3 is 14.2 Å². The van der Waals surface area contributed by atoms with Gasteiger partial charge in [-0.05, 0) is 38.5 Å². The van der Waals surface area contributed by atoms with E-state index in [1.807, 2.05) is 0 Å². The molecule has 0 spiro atoms. The standard InChI is InChI=1S/C19H23FN2O5/c1-5-25-16-19(17(23)26-6-2,12-14-8-10-15(20)11-9-14)13(4)22(21-16)18(24)27-7-3/h8-11H,4-7,12H2,1-3H3. The van der Waals surface area contributed by atoms with Gasteiger partial charge in [-0.3, -0.25) is 4.79 Å². The normalized spacial score (nSPS) is 18.9. The highest BCUT2D eigenvalue weighted by Crippen LogP contribution is 2.42. The van der Waals surface area contributed by atoms with Crippen LogP contribution in [0.2, 0.25) is 0 Å². The number of hydrogen-bond acceptors (Lipinski definition) is 6. The molecular formula is C19H23FN2O5. The van der Waals surface area contributed by atoms with Crippen molar-refractivity contribution in [2.45, 2.75) is 27.2 Å². The summed E-state index contributed by atoms with van der Waals surface area (Å²) in [6.45, 7) is 9.42. The Morgan fingerprint density at radius 1 is 1.11 bits per heavy atom. The number of hydrazone groups is 1. The van der Waals surface area contributed by atoms with Crippen LogP contribution in [0.5, 0.6) is 0 Å². The van der Waals surface area contributed by atoms with E-state index in [0.29, 0.717) is 5.56 Å². The Labute approximate surface area is 157 Å². The predicted molar refractivity (Wildman–Crippen MR) is 96.2 cm³/mol. The molecule has 2 rings (SSSR count). The molecule has 0 N–H and O–H groups in total. The Hall–Kier alpha value is -2.90. The second kappa shape index (κ2) is 8.66. The molecule has 0 aliphatic carbocycles. The summed E-state index contributed by atoms with van der Waals surface area (Å²) in [5.74, 6) is -1.06. The molecule has 1 atom stereocenters. The molecule has 0 saturated heterocycles. The van der Waals surface area contributed by atoms with Crippen molar-refractivity contribution in [3.63, 3.8) is 0 Å². The van der Waals surface area contributed by atoms with E-state index < -0.39 is 23.3 Å². The minimum atomic E-state index is -1.55. The minimum absolute atomic E-state index is 0.00849. The van der Waals surface area contributed by atoms with Crippen molar-refractivity contribution >= 4 is 18.0 Å². The maximum absolute atomic E-state index is 13.3. The van der Waals surface area contributed by atoms with E-state index in [1.54, 1.807) is 32.9 Å². The van der Waals surface area contributed by atoms with Gasteiger partial charge in [0.15, 0.2) is 5.41 Å². The SMILES string of the molecule is C=C1N(C(=O)OCC)N=C(OCC)C1(Cc1ccc(F)cc1)C(=O)OCC. The van der Waals surface area contributed by atoms with Crippen LogP contribution < -0.4 is 0 Å². The third-order valence-electron chi connectivity index (χ3n) is 4.03. The van der Waals surface area contributed by atoms with Gasteiger partial charge in [0.2, 0.25) is 5.90 Å². The average Bonchev–Trinajstić information content (AvgIpc) is 2.91. The Bertz CT molecular complexity index is 747. The Kier molecular flexibility index (Phi) is 6.55. The molecule has 1 aliphatic rings. The second-order valence-electron chi connectivity index (χ2n) is 5.72. The number of nitrogens with zero attached hydrogens (tertiary/aromatic N) is 2. The Balaban J connectivity index is 2.52. The molecule has 27 heavy (non-hydrogen) atoms. The van der Waals surface area contributed by atoms with Gasteiger partial charge in [0, 0.05) is 6.42 Å². The number of halogens is 1. The second-order valence-corrected chi connectivity index (χ2v) is 5.72. The van der Waals surface area contributed by atoms with Crippen molar-refractivity contribution < 1.29 is 28.2 Å². The molecule has 1 aromatic rings. The maximum Gasteiger partial charge on any atom is 0.435 e. The molecule has 146 valence electrons. The summed E-state index contributed by atoms with van der Waals surface area (Å²) < 4.78 is 29.1. The highest BCUT2D eigenvalue weighted by atomic mass is 19.1. The van der Waals surface area contributed by atoms with E-state index in [4.69, 9.17) is 14.2 Å². The molecule has 1 aliphatic heterocycles. The first-order valence-electron chi connectivity index (χ1n) is 8.70. The van der Waals surface area contributed by atoms with Crippen LogP contribution in [0.3, 0.4) is 0 Å². The van der Waals surface area contributed by atoms with Crippen LogP contribution in [0.1, 0.15) is 26.3 Å². The molecule has 0 aromatic heterocycles. The topological polar surface area (TPSA) is 77.4 Å². The highest BCUT2D eigenvalue weighted by Gasteiger charge is 2.57. The number of carbonyl (C=O) groups is 2. The monoisotopic (exact) mass is 378 g/mol. The van der Waals surface area contributed by atoms with E-state index in [2.05, 4.69) is 11.7 Å². The summed E-state index contributed by atoms with van der Waals surface area (Å²) in [7, 11) is 0. The molecule has 1 heterocycles. The summed E-state index contributed by atoms with van der Waals surface area (Å²) in [5, 5.41) is 5.04. The quantitative estimate of drug-likeness (QED) is 0.710. The largest absolute Gasteiger partial charge is 0.479 e. The fraction of sp³-hybridized carbons (Fsp3) is 0.421. The van der Waals surface area contributed by atoms with Crippen molar-refractivity contribution in [1.29, 1.82) is 0 Å². The van der Waals surface area contributed by atoms with Gasteiger partial charge in [0.05, 0.1) is 25.5 Å². The first kappa shape index (κ1) is 20.4. The van der Waals surface area contributed by atoms with Crippen molar-refractivity contribution in [2.24, 2.45) is 10.5 Å². The summed E-state index contributed by atoms with van der Waals surface area (Å²) >= 11 is 0. The lowest BCUT2D eigenvalue weighted by molar-refractivity contribution is -0.150. The lowest BCUT2D eigenvalue weighted by atomic mass is 9.79. The molecule has 7 nitrogen and oxygen atoms in total. The third-order valence-corrected chi connectivity index (χ3v) is 4.03. The van der Waals surface area contributed by atoms with Gasteiger partial charge in [-0.1, -0.05) is 18.7 Å². The van der Waals surface area contributed by atoms with Crippen LogP contribution >= 0.6 is 0 Å². The summed E-state index contributed by atoms with van der Waals surface area (Å²) in [6.07, 6.45) is -0.732. The minimum Gasteiger partial charge on any atom is -0.479 e. The fourth-order valence-electron chi connectivity index (χ4n) is 2.78. The number of rotatable bonds is 6. The van der Waals surface area contributed by atoms with Crippen molar-refractivity contribution in [1.82, 2.24) is 5.01 Å². The molecular weight excluding hydrogens is 355 g/mol. The van der Waals surface area contributed by atoms with Crippen LogP contribution in [0, 0.1) is 11.2 Å². The molecule has 0 radical (unpaired) electrons. The molecule has 0 saturated carbocycles.